The summed E-state index contributed by atoms with van der Waals surface area (Å²) >= 11 is 1.41. The first-order valence-electron chi connectivity index (χ1n) is 6.73. The van der Waals surface area contributed by atoms with E-state index in [9.17, 15) is 4.79 Å². The number of methoxy groups -OCH3 is 1. The van der Waals surface area contributed by atoms with Gasteiger partial charge in [0.25, 0.3) is 0 Å². The Morgan fingerprint density at radius 1 is 1.38 bits per heavy atom. The van der Waals surface area contributed by atoms with Crippen LogP contribution in [-0.4, -0.2) is 21.9 Å². The van der Waals surface area contributed by atoms with Gasteiger partial charge in [0.2, 0.25) is 0 Å². The number of H-pyrrole nitrogens is 1. The Kier molecular flexibility index (Phi) is 4.74. The molecule has 3 N–H and O–H groups in total. The summed E-state index contributed by atoms with van der Waals surface area (Å²) in [4.78, 5) is 12.7. The van der Waals surface area contributed by atoms with Crippen molar-refractivity contribution in [2.75, 3.05) is 7.11 Å². The standard InChI is InChI=1S/C14H20N4O2S/c1-8(2)18-13(19)16-17-14(18)21-11-7-5-6-10(20-4)12(11)9(3)15/h5-9H,15H2,1-4H3,(H,16,19)/t9-/m1/s1. The third-order valence-electron chi connectivity index (χ3n) is 3.09. The first kappa shape index (κ1) is 15.7. The van der Waals surface area contributed by atoms with Crippen molar-refractivity contribution in [2.45, 2.75) is 42.9 Å². The second kappa shape index (κ2) is 6.36. The highest BCUT2D eigenvalue weighted by Gasteiger charge is 2.18. The number of hydrogen-bond acceptors (Lipinski definition) is 5. The number of hydrogen-bond donors (Lipinski definition) is 2. The van der Waals surface area contributed by atoms with Gasteiger partial charge in [-0.2, -0.15) is 0 Å². The van der Waals surface area contributed by atoms with Crippen molar-refractivity contribution >= 4 is 11.8 Å². The lowest BCUT2D eigenvalue weighted by atomic mass is 10.1. The molecule has 0 aliphatic heterocycles. The fourth-order valence-electron chi connectivity index (χ4n) is 2.16. The van der Waals surface area contributed by atoms with Gasteiger partial charge in [-0.3, -0.25) is 4.57 Å². The largest absolute Gasteiger partial charge is 0.496 e. The molecule has 21 heavy (non-hydrogen) atoms. The molecule has 114 valence electrons. The van der Waals surface area contributed by atoms with Gasteiger partial charge in [-0.05, 0) is 44.7 Å². The van der Waals surface area contributed by atoms with E-state index in [0.717, 1.165) is 16.2 Å². The molecule has 1 atom stereocenters. The van der Waals surface area contributed by atoms with Gasteiger partial charge in [-0.15, -0.1) is 5.10 Å². The number of ether oxygens (including phenoxy) is 1. The molecule has 0 fully saturated rings. The topological polar surface area (TPSA) is 85.9 Å². The highest BCUT2D eigenvalue weighted by atomic mass is 32.2. The zero-order valence-electron chi connectivity index (χ0n) is 12.6. The van der Waals surface area contributed by atoms with E-state index in [1.165, 1.54) is 11.8 Å². The van der Waals surface area contributed by atoms with Gasteiger partial charge >= 0.3 is 5.69 Å². The Morgan fingerprint density at radius 2 is 2.10 bits per heavy atom. The second-order valence-electron chi connectivity index (χ2n) is 5.04. The van der Waals surface area contributed by atoms with Crippen LogP contribution < -0.4 is 16.2 Å². The molecule has 0 aliphatic rings. The lowest BCUT2D eigenvalue weighted by molar-refractivity contribution is 0.405. The number of nitrogens with two attached hydrogens (primary N) is 1. The lowest BCUT2D eigenvalue weighted by Gasteiger charge is -2.16. The Bertz CT molecular complexity index is 676. The number of nitrogens with zero attached hydrogens (tertiary/aromatic N) is 2. The molecule has 0 radical (unpaired) electrons. The highest BCUT2D eigenvalue weighted by Crippen LogP contribution is 2.37. The maximum absolute atomic E-state index is 11.8. The van der Waals surface area contributed by atoms with E-state index >= 15 is 0 Å². The molecule has 1 aromatic carbocycles. The van der Waals surface area contributed by atoms with E-state index in [2.05, 4.69) is 10.2 Å². The number of benzene rings is 1. The van der Waals surface area contributed by atoms with Crippen LogP contribution >= 0.6 is 11.8 Å². The van der Waals surface area contributed by atoms with E-state index < -0.39 is 0 Å². The molecule has 0 aliphatic carbocycles. The molecule has 2 aromatic rings. The summed E-state index contributed by atoms with van der Waals surface area (Å²) in [5, 5.41) is 7.20. The van der Waals surface area contributed by atoms with E-state index in [4.69, 9.17) is 10.5 Å². The molecule has 6 nitrogen and oxygen atoms in total. The molecule has 1 aromatic heterocycles. The third-order valence-corrected chi connectivity index (χ3v) is 4.14. The lowest BCUT2D eigenvalue weighted by Crippen LogP contribution is -2.19. The minimum atomic E-state index is -0.210. The summed E-state index contributed by atoms with van der Waals surface area (Å²) in [7, 11) is 1.62. The Hall–Kier alpha value is -1.73. The molecule has 1 heterocycles. The average molecular weight is 308 g/mol. The van der Waals surface area contributed by atoms with Gasteiger partial charge in [0, 0.05) is 22.5 Å². The van der Waals surface area contributed by atoms with Crippen molar-refractivity contribution in [1.82, 2.24) is 14.8 Å². The molecular formula is C14H20N4O2S. The monoisotopic (exact) mass is 308 g/mol. The fourth-order valence-corrected chi connectivity index (χ4v) is 3.38. The summed E-state index contributed by atoms with van der Waals surface area (Å²) < 4.78 is 7.00. The minimum Gasteiger partial charge on any atom is -0.496 e. The summed E-state index contributed by atoms with van der Waals surface area (Å²) in [5.74, 6) is 0.740. The number of aromatic amines is 1. The van der Waals surface area contributed by atoms with Crippen LogP contribution in [0.5, 0.6) is 5.75 Å². The minimum absolute atomic E-state index is 0.0307. The predicted molar refractivity (Wildman–Crippen MR) is 83.0 cm³/mol. The fraction of sp³-hybridized carbons (Fsp3) is 0.429. The Labute approximate surface area is 127 Å². The molecule has 0 saturated heterocycles. The molecule has 0 spiro atoms. The number of rotatable bonds is 5. The van der Waals surface area contributed by atoms with Gasteiger partial charge in [-0.1, -0.05) is 6.07 Å². The molecule has 2 rings (SSSR count). The van der Waals surface area contributed by atoms with E-state index in [0.29, 0.717) is 5.16 Å². The summed E-state index contributed by atoms with van der Waals surface area (Å²) in [5.41, 5.74) is 6.76. The van der Waals surface area contributed by atoms with Crippen LogP contribution in [0.1, 0.15) is 38.4 Å². The quantitative estimate of drug-likeness (QED) is 0.885. The first-order valence-corrected chi connectivity index (χ1v) is 7.54. The molecule has 7 heteroatoms. The molecule has 0 unspecified atom stereocenters. The summed E-state index contributed by atoms with van der Waals surface area (Å²) in [6, 6.07) is 5.58. The van der Waals surface area contributed by atoms with Crippen molar-refractivity contribution in [1.29, 1.82) is 0 Å². The van der Waals surface area contributed by atoms with Crippen LogP contribution in [0, 0.1) is 0 Å². The molecule has 0 saturated carbocycles. The van der Waals surface area contributed by atoms with Gasteiger partial charge < -0.3 is 10.5 Å². The zero-order chi connectivity index (χ0) is 15.6. The SMILES string of the molecule is COc1cccc(Sc2n[nH]c(=O)n2C(C)C)c1[C@@H](C)N. The zero-order valence-corrected chi connectivity index (χ0v) is 13.4. The summed E-state index contributed by atoms with van der Waals surface area (Å²) in [6.07, 6.45) is 0. The van der Waals surface area contributed by atoms with Gasteiger partial charge in [-0.25, -0.2) is 9.89 Å². The number of nitrogens with one attached hydrogen (secondary N) is 1. The molecule has 0 amide bonds. The second-order valence-corrected chi connectivity index (χ2v) is 6.05. The molecular weight excluding hydrogens is 288 g/mol. The highest BCUT2D eigenvalue weighted by molar-refractivity contribution is 7.99. The van der Waals surface area contributed by atoms with E-state index in [1.54, 1.807) is 11.7 Å². The third kappa shape index (κ3) is 3.14. The van der Waals surface area contributed by atoms with Crippen molar-refractivity contribution in [2.24, 2.45) is 5.73 Å². The summed E-state index contributed by atoms with van der Waals surface area (Å²) in [6.45, 7) is 5.79. The van der Waals surface area contributed by atoms with E-state index in [1.807, 2.05) is 39.0 Å². The van der Waals surface area contributed by atoms with Crippen LogP contribution in [0.25, 0.3) is 0 Å². The number of aromatic nitrogens is 3. The predicted octanol–water partition coefficient (Wildman–Crippen LogP) is 2.33. The van der Waals surface area contributed by atoms with Crippen LogP contribution in [0.4, 0.5) is 0 Å². The molecule has 0 bridgehead atoms. The Balaban J connectivity index is 2.48. The van der Waals surface area contributed by atoms with Gasteiger partial charge in [0.15, 0.2) is 5.16 Å². The van der Waals surface area contributed by atoms with Crippen molar-refractivity contribution in [3.63, 3.8) is 0 Å². The van der Waals surface area contributed by atoms with Crippen LogP contribution in [0.15, 0.2) is 33.0 Å². The van der Waals surface area contributed by atoms with Crippen LogP contribution in [-0.2, 0) is 0 Å². The van der Waals surface area contributed by atoms with Crippen molar-refractivity contribution in [3.8, 4) is 5.75 Å². The first-order chi connectivity index (χ1) is 9.95. The average Bonchev–Trinajstić information content (AvgIpc) is 2.79. The van der Waals surface area contributed by atoms with E-state index in [-0.39, 0.29) is 17.8 Å². The van der Waals surface area contributed by atoms with Crippen LogP contribution in [0.2, 0.25) is 0 Å². The van der Waals surface area contributed by atoms with Crippen molar-refractivity contribution in [3.05, 3.63) is 34.2 Å². The van der Waals surface area contributed by atoms with Gasteiger partial charge in [0.1, 0.15) is 5.75 Å². The maximum atomic E-state index is 11.8. The smallest absolute Gasteiger partial charge is 0.344 e. The normalized spacial score (nSPS) is 12.7. The van der Waals surface area contributed by atoms with Gasteiger partial charge in [0.05, 0.1) is 7.11 Å². The Morgan fingerprint density at radius 3 is 2.67 bits per heavy atom. The maximum Gasteiger partial charge on any atom is 0.344 e. The van der Waals surface area contributed by atoms with Crippen LogP contribution in [0.3, 0.4) is 0 Å². The van der Waals surface area contributed by atoms with Crippen molar-refractivity contribution < 1.29 is 4.74 Å².